The van der Waals surface area contributed by atoms with Gasteiger partial charge in [0, 0.05) is 40.0 Å². The van der Waals surface area contributed by atoms with Crippen LogP contribution in [0.2, 0.25) is 0 Å². The normalized spacial score (nSPS) is 13.5. The summed E-state index contributed by atoms with van der Waals surface area (Å²) in [6.07, 6.45) is 0. The highest BCUT2D eigenvalue weighted by molar-refractivity contribution is 6.28. The van der Waals surface area contributed by atoms with E-state index in [-0.39, 0.29) is 35.4 Å². The fraction of sp³-hybridized carbons (Fsp3) is 0.160. The van der Waals surface area contributed by atoms with Crippen LogP contribution in [-0.2, 0) is 11.3 Å². The summed E-state index contributed by atoms with van der Waals surface area (Å²) in [5, 5.41) is 2.79. The summed E-state index contributed by atoms with van der Waals surface area (Å²) in [6.45, 7) is 1.99. The van der Waals surface area contributed by atoms with Crippen LogP contribution in [0.4, 0.5) is 10.1 Å². The highest BCUT2D eigenvalue weighted by Crippen LogP contribution is 2.29. The van der Waals surface area contributed by atoms with Gasteiger partial charge in [-0.15, -0.1) is 0 Å². The smallest absolute Gasteiger partial charge is 0.241 e. The molecule has 0 heterocycles. The molecule has 0 saturated heterocycles. The van der Waals surface area contributed by atoms with Crippen LogP contribution < -0.4 is 5.32 Å². The second kappa shape index (κ2) is 8.24. The lowest BCUT2D eigenvalue weighted by Gasteiger charge is -2.24. The second-order valence-corrected chi connectivity index (χ2v) is 7.64. The van der Waals surface area contributed by atoms with E-state index in [1.165, 1.54) is 12.1 Å². The highest BCUT2D eigenvalue weighted by Gasteiger charge is 2.29. The number of fused-ring (bicyclic) bond motifs is 2. The average molecular weight is 416 g/mol. The van der Waals surface area contributed by atoms with E-state index in [1.54, 1.807) is 73.5 Å². The molecule has 0 aromatic heterocycles. The quantitative estimate of drug-likeness (QED) is 0.533. The van der Waals surface area contributed by atoms with Crippen LogP contribution in [0.25, 0.3) is 0 Å². The Morgan fingerprint density at radius 2 is 1.48 bits per heavy atom. The number of likely N-dealkylation sites (N-methyl/N-ethyl adjacent to an activating group) is 1. The summed E-state index contributed by atoms with van der Waals surface area (Å²) in [4.78, 5) is 40.0. The van der Waals surface area contributed by atoms with E-state index in [4.69, 9.17) is 0 Å². The predicted octanol–water partition coefficient (Wildman–Crippen LogP) is 4.06. The predicted molar refractivity (Wildman–Crippen MR) is 116 cm³/mol. The zero-order chi connectivity index (χ0) is 22.1. The maximum absolute atomic E-state index is 13.9. The Morgan fingerprint density at radius 1 is 0.903 bits per heavy atom. The molecule has 1 atom stereocenters. The molecule has 0 saturated carbocycles. The van der Waals surface area contributed by atoms with Crippen molar-refractivity contribution in [1.82, 2.24) is 4.90 Å². The lowest BCUT2D eigenvalue weighted by molar-refractivity contribution is -0.120. The molecule has 0 unspecified atom stereocenters. The second-order valence-electron chi connectivity index (χ2n) is 7.64. The van der Waals surface area contributed by atoms with Gasteiger partial charge in [-0.3, -0.25) is 19.3 Å². The number of rotatable bonds is 5. The Bertz CT molecular complexity index is 1200. The molecule has 0 spiro atoms. The van der Waals surface area contributed by atoms with Gasteiger partial charge < -0.3 is 5.32 Å². The molecule has 31 heavy (non-hydrogen) atoms. The number of nitrogens with one attached hydrogen (secondary N) is 1. The number of halogens is 1. The fourth-order valence-corrected chi connectivity index (χ4v) is 3.66. The number of benzene rings is 3. The van der Waals surface area contributed by atoms with Gasteiger partial charge in [0.2, 0.25) is 5.91 Å². The van der Waals surface area contributed by atoms with Crippen molar-refractivity contribution in [2.24, 2.45) is 0 Å². The van der Waals surface area contributed by atoms with Crippen molar-refractivity contribution in [3.63, 3.8) is 0 Å². The third-order valence-electron chi connectivity index (χ3n) is 5.61. The molecule has 6 heteroatoms. The largest absolute Gasteiger partial charge is 0.325 e. The van der Waals surface area contributed by atoms with Crippen molar-refractivity contribution in [3.05, 3.63) is 100 Å². The van der Waals surface area contributed by atoms with Crippen LogP contribution in [0.5, 0.6) is 0 Å². The van der Waals surface area contributed by atoms with E-state index in [0.717, 1.165) is 0 Å². The molecule has 0 aliphatic heterocycles. The number of carbonyl (C=O) groups excluding carboxylic acids is 3. The van der Waals surface area contributed by atoms with Crippen LogP contribution in [0, 0.1) is 5.82 Å². The first-order valence-corrected chi connectivity index (χ1v) is 9.94. The van der Waals surface area contributed by atoms with Crippen molar-refractivity contribution in [2.45, 2.75) is 19.5 Å². The van der Waals surface area contributed by atoms with Gasteiger partial charge in [-0.25, -0.2) is 4.39 Å². The molecule has 0 radical (unpaired) electrons. The van der Waals surface area contributed by atoms with Crippen molar-refractivity contribution in [3.8, 4) is 0 Å². The summed E-state index contributed by atoms with van der Waals surface area (Å²) in [6, 6.07) is 17.3. The number of carbonyl (C=O) groups is 3. The maximum atomic E-state index is 13.9. The molecule has 0 fully saturated rings. The van der Waals surface area contributed by atoms with Gasteiger partial charge in [0.15, 0.2) is 11.6 Å². The first-order valence-electron chi connectivity index (χ1n) is 9.94. The molecule has 1 amide bonds. The topological polar surface area (TPSA) is 66.5 Å². The summed E-state index contributed by atoms with van der Waals surface area (Å²) < 4.78 is 13.9. The molecule has 5 nitrogen and oxygen atoms in total. The van der Waals surface area contributed by atoms with Gasteiger partial charge >= 0.3 is 0 Å². The third kappa shape index (κ3) is 3.90. The summed E-state index contributed by atoms with van der Waals surface area (Å²) in [5.41, 5.74) is 2.28. The maximum Gasteiger partial charge on any atom is 0.241 e. The molecule has 1 aliphatic carbocycles. The minimum absolute atomic E-state index is 0.207. The zero-order valence-electron chi connectivity index (χ0n) is 17.2. The Kier molecular flexibility index (Phi) is 5.48. The first-order chi connectivity index (χ1) is 14.9. The number of nitrogens with zero attached hydrogens (tertiary/aromatic N) is 1. The van der Waals surface area contributed by atoms with E-state index in [9.17, 15) is 18.8 Å². The number of anilines is 1. The minimum Gasteiger partial charge on any atom is -0.325 e. The summed E-state index contributed by atoms with van der Waals surface area (Å²) >= 11 is 0. The Hall–Kier alpha value is -3.64. The number of hydrogen-bond donors (Lipinski definition) is 1. The summed E-state index contributed by atoms with van der Waals surface area (Å²) in [5.74, 6) is -1.07. The van der Waals surface area contributed by atoms with E-state index in [2.05, 4.69) is 5.32 Å². The monoisotopic (exact) mass is 416 g/mol. The van der Waals surface area contributed by atoms with Gasteiger partial charge in [0.1, 0.15) is 5.82 Å². The van der Waals surface area contributed by atoms with E-state index >= 15 is 0 Å². The lowest BCUT2D eigenvalue weighted by Crippen LogP contribution is -2.39. The molecule has 0 bridgehead atoms. The van der Waals surface area contributed by atoms with Crippen LogP contribution in [-0.4, -0.2) is 35.5 Å². The fourth-order valence-electron chi connectivity index (χ4n) is 3.66. The van der Waals surface area contributed by atoms with Crippen LogP contribution in [0.15, 0.2) is 66.7 Å². The Morgan fingerprint density at radius 3 is 2.16 bits per heavy atom. The lowest BCUT2D eigenvalue weighted by atomic mass is 9.84. The van der Waals surface area contributed by atoms with Gasteiger partial charge in [0.25, 0.3) is 0 Å². The Labute approximate surface area is 179 Å². The minimum atomic E-state index is -0.548. The molecule has 4 rings (SSSR count). The van der Waals surface area contributed by atoms with Gasteiger partial charge in [-0.2, -0.15) is 0 Å². The van der Waals surface area contributed by atoms with Crippen molar-refractivity contribution < 1.29 is 18.8 Å². The standard InChI is InChI=1S/C25H21FN2O3/c1-15(28(2)14-16-7-3-6-10-22(16)26)25(31)27-17-11-12-20-21(13-17)24(30)19-9-5-4-8-18(19)23(20)29/h3-13,15H,14H2,1-2H3,(H,27,31)/t15-/m1/s1. The molecular formula is C25H21FN2O3. The van der Waals surface area contributed by atoms with Gasteiger partial charge in [-0.05, 0) is 38.2 Å². The van der Waals surface area contributed by atoms with Crippen molar-refractivity contribution in [1.29, 1.82) is 0 Å². The molecule has 1 aliphatic rings. The third-order valence-corrected chi connectivity index (χ3v) is 5.61. The highest BCUT2D eigenvalue weighted by atomic mass is 19.1. The van der Waals surface area contributed by atoms with E-state index in [1.807, 2.05) is 0 Å². The van der Waals surface area contributed by atoms with Crippen LogP contribution in [0.1, 0.15) is 44.3 Å². The zero-order valence-corrected chi connectivity index (χ0v) is 17.2. The van der Waals surface area contributed by atoms with Crippen molar-refractivity contribution >= 4 is 23.2 Å². The number of hydrogen-bond acceptors (Lipinski definition) is 4. The van der Waals surface area contributed by atoms with Crippen LogP contribution >= 0.6 is 0 Å². The molecule has 3 aromatic carbocycles. The number of amides is 1. The molecule has 3 aromatic rings. The van der Waals surface area contributed by atoms with Gasteiger partial charge in [0.05, 0.1) is 6.04 Å². The van der Waals surface area contributed by atoms with Crippen LogP contribution in [0.3, 0.4) is 0 Å². The SMILES string of the molecule is C[C@H](C(=O)Nc1ccc2c(c1)C(=O)c1ccccc1C2=O)N(C)Cc1ccccc1F. The number of ketones is 2. The first kappa shape index (κ1) is 20.6. The molecule has 156 valence electrons. The molecule has 1 N–H and O–H groups in total. The van der Waals surface area contributed by atoms with E-state index < -0.39 is 6.04 Å². The van der Waals surface area contributed by atoms with Gasteiger partial charge in [-0.1, -0.05) is 42.5 Å². The summed E-state index contributed by atoms with van der Waals surface area (Å²) in [7, 11) is 1.74. The van der Waals surface area contributed by atoms with E-state index in [0.29, 0.717) is 27.9 Å². The molecular weight excluding hydrogens is 395 g/mol. The van der Waals surface area contributed by atoms with Crippen molar-refractivity contribution in [2.75, 3.05) is 12.4 Å². The average Bonchev–Trinajstić information content (AvgIpc) is 2.78. The Balaban J connectivity index is 1.51.